The largest absolute Gasteiger partial charge is 0.347 e. The van der Waals surface area contributed by atoms with Crippen molar-refractivity contribution in [3.05, 3.63) is 0 Å². The third kappa shape index (κ3) is 13.0. The number of unbranched alkanes of at least 4 members (excludes halogenated alkanes) is 8. The minimum Gasteiger partial charge on any atom is -0.347 e. The first-order valence-electron chi connectivity index (χ1n) is 8.83. The second-order valence-corrected chi connectivity index (χ2v) is 7.00. The summed E-state index contributed by atoms with van der Waals surface area (Å²) in [5, 5.41) is 0. The van der Waals surface area contributed by atoms with Gasteiger partial charge in [-0.2, -0.15) is 0 Å². The molecule has 0 aromatic rings. The average molecular weight is 335 g/mol. The van der Waals surface area contributed by atoms with E-state index in [1.165, 1.54) is 44.9 Å². The molecule has 0 heterocycles. The normalized spacial score (nSPS) is 11.1. The summed E-state index contributed by atoms with van der Waals surface area (Å²) in [6.07, 6.45) is 11.8. The van der Waals surface area contributed by atoms with Crippen molar-refractivity contribution in [2.45, 2.75) is 91.4 Å². The summed E-state index contributed by atoms with van der Waals surface area (Å²) >= 11 is -1.38. The predicted molar refractivity (Wildman–Crippen MR) is 93.8 cm³/mol. The molecule has 0 N–H and O–H groups in total. The highest BCUT2D eigenvalue weighted by Crippen LogP contribution is 2.31. The van der Waals surface area contributed by atoms with Crippen LogP contribution in [0.15, 0.2) is 0 Å². The Morgan fingerprint density at radius 1 is 0.682 bits per heavy atom. The van der Waals surface area contributed by atoms with Gasteiger partial charge in [-0.25, -0.2) is 0 Å². The van der Waals surface area contributed by atoms with Crippen LogP contribution in [0.25, 0.3) is 0 Å². The molecule has 0 radical (unpaired) electrons. The molecular formula is C17H34O4S. The van der Waals surface area contributed by atoms with Gasteiger partial charge in [0.15, 0.2) is 0 Å². The van der Waals surface area contributed by atoms with E-state index in [-0.39, 0.29) is 11.9 Å². The van der Waals surface area contributed by atoms with Crippen molar-refractivity contribution < 1.29 is 18.0 Å². The molecule has 0 atom stereocenters. The average Bonchev–Trinajstić information content (AvgIpc) is 2.52. The van der Waals surface area contributed by atoms with Crippen LogP contribution in [0.2, 0.25) is 0 Å². The van der Waals surface area contributed by atoms with Gasteiger partial charge in [-0.1, -0.05) is 72.1 Å². The molecule has 0 aromatic carbocycles. The van der Waals surface area contributed by atoms with Crippen molar-refractivity contribution >= 4 is 23.4 Å². The Bertz CT molecular complexity index is 276. The van der Waals surface area contributed by atoms with Crippen molar-refractivity contribution in [3.8, 4) is 0 Å². The molecule has 0 aliphatic rings. The lowest BCUT2D eigenvalue weighted by molar-refractivity contribution is -0.136. The molecule has 0 fully saturated rings. The molecule has 0 unspecified atom stereocenters. The molecule has 0 amide bonds. The first-order valence-corrected chi connectivity index (χ1v) is 10.2. The molecule has 0 aliphatic carbocycles. The Labute approximate surface area is 139 Å². The SMILES string of the molecule is CCCCCCCCCCC[SH](OC(=O)CC)OC(=O)CC. The van der Waals surface area contributed by atoms with Gasteiger partial charge < -0.3 is 8.37 Å². The summed E-state index contributed by atoms with van der Waals surface area (Å²) in [4.78, 5) is 22.7. The number of hydrogen-bond donors (Lipinski definition) is 1. The van der Waals surface area contributed by atoms with Crippen molar-refractivity contribution in [2.24, 2.45) is 0 Å². The number of hydrogen-bond acceptors (Lipinski definition) is 4. The van der Waals surface area contributed by atoms with Crippen molar-refractivity contribution in [1.29, 1.82) is 0 Å². The van der Waals surface area contributed by atoms with Crippen LogP contribution in [-0.2, 0) is 18.0 Å². The summed E-state index contributed by atoms with van der Waals surface area (Å²) in [7, 11) is 0. The van der Waals surface area contributed by atoms with Crippen LogP contribution in [-0.4, -0.2) is 17.7 Å². The van der Waals surface area contributed by atoms with Crippen LogP contribution in [0, 0.1) is 0 Å². The maximum atomic E-state index is 11.4. The van der Waals surface area contributed by atoms with E-state index in [2.05, 4.69) is 6.92 Å². The van der Waals surface area contributed by atoms with E-state index in [9.17, 15) is 9.59 Å². The summed E-state index contributed by atoms with van der Waals surface area (Å²) in [6.45, 7) is 5.72. The van der Waals surface area contributed by atoms with E-state index in [4.69, 9.17) is 8.37 Å². The van der Waals surface area contributed by atoms with Gasteiger partial charge in [0.25, 0.3) is 0 Å². The minimum absolute atomic E-state index is 0.286. The molecule has 0 aromatic heterocycles. The van der Waals surface area contributed by atoms with Gasteiger partial charge in [0.05, 0.1) is 5.75 Å². The van der Waals surface area contributed by atoms with Gasteiger partial charge in [0.1, 0.15) is 0 Å². The molecule has 0 rings (SSSR count). The van der Waals surface area contributed by atoms with E-state index in [0.29, 0.717) is 18.6 Å². The summed E-state index contributed by atoms with van der Waals surface area (Å²) in [6, 6.07) is 0. The molecule has 0 aliphatic heterocycles. The minimum atomic E-state index is -1.38. The third-order valence-electron chi connectivity index (χ3n) is 3.43. The lowest BCUT2D eigenvalue weighted by atomic mass is 10.1. The zero-order valence-corrected chi connectivity index (χ0v) is 15.5. The van der Waals surface area contributed by atoms with Gasteiger partial charge in [0, 0.05) is 12.8 Å². The van der Waals surface area contributed by atoms with Crippen molar-refractivity contribution in [3.63, 3.8) is 0 Å². The number of carbonyl (C=O) groups is 2. The lowest BCUT2D eigenvalue weighted by Crippen LogP contribution is -2.09. The van der Waals surface area contributed by atoms with Gasteiger partial charge >= 0.3 is 11.9 Å². The molecule has 0 spiro atoms. The topological polar surface area (TPSA) is 52.6 Å². The second-order valence-electron chi connectivity index (χ2n) is 5.52. The Morgan fingerprint density at radius 2 is 1.09 bits per heavy atom. The van der Waals surface area contributed by atoms with Crippen LogP contribution in [0.4, 0.5) is 0 Å². The van der Waals surface area contributed by atoms with E-state index >= 15 is 0 Å². The fraction of sp³-hybridized carbons (Fsp3) is 0.882. The van der Waals surface area contributed by atoms with Gasteiger partial charge in [-0.3, -0.25) is 9.59 Å². The quantitative estimate of drug-likeness (QED) is 0.348. The molecule has 0 saturated heterocycles. The van der Waals surface area contributed by atoms with Crippen LogP contribution in [0.5, 0.6) is 0 Å². The number of carbonyl (C=O) groups excluding carboxylic acids is 2. The highest BCUT2D eigenvalue weighted by molar-refractivity contribution is 8.09. The zero-order chi connectivity index (χ0) is 16.6. The molecule has 132 valence electrons. The number of rotatable bonds is 14. The fourth-order valence-corrected chi connectivity index (χ4v) is 3.43. The summed E-state index contributed by atoms with van der Waals surface area (Å²) < 4.78 is 10.5. The predicted octanol–water partition coefficient (Wildman–Crippen LogP) is 5.25. The molecule has 22 heavy (non-hydrogen) atoms. The van der Waals surface area contributed by atoms with Crippen LogP contribution < -0.4 is 0 Å². The summed E-state index contributed by atoms with van der Waals surface area (Å²) in [5.41, 5.74) is 0. The van der Waals surface area contributed by atoms with Gasteiger partial charge in [-0.15, -0.1) is 11.5 Å². The molecule has 5 heteroatoms. The monoisotopic (exact) mass is 334 g/mol. The van der Waals surface area contributed by atoms with E-state index in [0.717, 1.165) is 12.8 Å². The third-order valence-corrected chi connectivity index (χ3v) is 4.92. The van der Waals surface area contributed by atoms with Crippen LogP contribution in [0.1, 0.15) is 91.4 Å². The standard InChI is InChI=1S/C17H34O4S/c1-4-7-8-9-10-11-12-13-14-15-22(20-16(18)5-2)21-17(19)6-3/h22H,4-15H2,1-3H3. The van der Waals surface area contributed by atoms with E-state index in [1.807, 2.05) is 0 Å². The smallest absolute Gasteiger partial charge is 0.328 e. The van der Waals surface area contributed by atoms with Crippen molar-refractivity contribution in [2.75, 3.05) is 5.75 Å². The fourth-order valence-electron chi connectivity index (χ4n) is 2.02. The Hall–Kier alpha value is -0.710. The Morgan fingerprint density at radius 3 is 1.50 bits per heavy atom. The highest BCUT2D eigenvalue weighted by Gasteiger charge is 2.11. The van der Waals surface area contributed by atoms with Crippen molar-refractivity contribution in [1.82, 2.24) is 0 Å². The van der Waals surface area contributed by atoms with E-state index in [1.54, 1.807) is 13.8 Å². The second kappa shape index (κ2) is 15.2. The van der Waals surface area contributed by atoms with Crippen LogP contribution in [0.3, 0.4) is 0 Å². The maximum absolute atomic E-state index is 11.4. The molecule has 0 bridgehead atoms. The molecular weight excluding hydrogens is 300 g/mol. The lowest BCUT2D eigenvalue weighted by Gasteiger charge is -2.24. The zero-order valence-electron chi connectivity index (χ0n) is 14.6. The molecule has 0 saturated carbocycles. The van der Waals surface area contributed by atoms with Crippen LogP contribution >= 0.6 is 11.5 Å². The molecule has 4 nitrogen and oxygen atoms in total. The van der Waals surface area contributed by atoms with Gasteiger partial charge in [0.2, 0.25) is 0 Å². The van der Waals surface area contributed by atoms with E-state index < -0.39 is 11.5 Å². The highest BCUT2D eigenvalue weighted by atomic mass is 32.2. The Kier molecular flexibility index (Phi) is 14.7. The Balaban J connectivity index is 3.74. The maximum Gasteiger partial charge on any atom is 0.328 e. The first kappa shape index (κ1) is 21.3. The summed E-state index contributed by atoms with van der Waals surface area (Å²) in [5.74, 6) is 0.0970. The first-order chi connectivity index (χ1) is 10.6. The number of thiol groups is 1. The van der Waals surface area contributed by atoms with Gasteiger partial charge in [-0.05, 0) is 6.42 Å².